The first-order chi connectivity index (χ1) is 9.42. The van der Waals surface area contributed by atoms with Gasteiger partial charge in [0, 0.05) is 0 Å². The molecule has 0 aliphatic carbocycles. The molecule has 7 heteroatoms. The Morgan fingerprint density at radius 2 is 1.95 bits per heavy atom. The largest absolute Gasteiger partial charge is 0.280 e. The van der Waals surface area contributed by atoms with Crippen LogP contribution < -0.4 is 4.72 Å². The Hall–Kier alpha value is -2.10. The van der Waals surface area contributed by atoms with Crippen molar-refractivity contribution in [2.24, 2.45) is 0 Å². The van der Waals surface area contributed by atoms with Crippen molar-refractivity contribution in [3.05, 3.63) is 58.9 Å². The van der Waals surface area contributed by atoms with Crippen LogP contribution in [0, 0.1) is 17.1 Å². The van der Waals surface area contributed by atoms with Crippen LogP contribution in [-0.2, 0) is 10.0 Å². The van der Waals surface area contributed by atoms with E-state index in [4.69, 9.17) is 16.9 Å². The zero-order chi connectivity index (χ0) is 14.8. The molecule has 2 aromatic rings. The summed E-state index contributed by atoms with van der Waals surface area (Å²) in [5.74, 6) is -0.638. The number of nitrogens with one attached hydrogen (secondary N) is 1. The number of hydrogen-bond acceptors (Lipinski definition) is 3. The molecule has 2 rings (SSSR count). The van der Waals surface area contributed by atoms with E-state index in [1.165, 1.54) is 36.4 Å². The zero-order valence-electron chi connectivity index (χ0n) is 9.97. The van der Waals surface area contributed by atoms with Crippen molar-refractivity contribution >= 4 is 27.3 Å². The average Bonchev–Trinajstić information content (AvgIpc) is 2.43. The Kier molecular flexibility index (Phi) is 3.93. The Morgan fingerprint density at radius 1 is 1.20 bits per heavy atom. The molecule has 0 unspecified atom stereocenters. The molecule has 0 atom stereocenters. The summed E-state index contributed by atoms with van der Waals surface area (Å²) in [7, 11) is -3.86. The van der Waals surface area contributed by atoms with Crippen LogP contribution in [-0.4, -0.2) is 8.42 Å². The summed E-state index contributed by atoms with van der Waals surface area (Å²) in [5, 5.41) is 8.58. The molecule has 4 nitrogen and oxygen atoms in total. The van der Waals surface area contributed by atoms with Crippen LogP contribution in [0.2, 0.25) is 5.02 Å². The maximum absolute atomic E-state index is 13.0. The Morgan fingerprint density at radius 3 is 2.60 bits per heavy atom. The first-order valence-electron chi connectivity index (χ1n) is 5.40. The van der Waals surface area contributed by atoms with Crippen LogP contribution in [0.4, 0.5) is 10.1 Å². The van der Waals surface area contributed by atoms with E-state index < -0.39 is 15.8 Å². The second kappa shape index (κ2) is 5.49. The molecule has 0 saturated carbocycles. The van der Waals surface area contributed by atoms with Crippen LogP contribution in [0.15, 0.2) is 47.4 Å². The predicted molar refractivity (Wildman–Crippen MR) is 73.4 cm³/mol. The van der Waals surface area contributed by atoms with Gasteiger partial charge in [0.1, 0.15) is 5.82 Å². The summed E-state index contributed by atoms with van der Waals surface area (Å²) in [6, 6.07) is 10.9. The van der Waals surface area contributed by atoms with Gasteiger partial charge in [0.25, 0.3) is 10.0 Å². The van der Waals surface area contributed by atoms with Crippen molar-refractivity contribution in [3.63, 3.8) is 0 Å². The highest BCUT2D eigenvalue weighted by atomic mass is 35.5. The fourth-order valence-corrected chi connectivity index (χ4v) is 2.78. The summed E-state index contributed by atoms with van der Waals surface area (Å²) in [4.78, 5) is -0.0583. The van der Waals surface area contributed by atoms with Gasteiger partial charge in [0.2, 0.25) is 0 Å². The quantitative estimate of drug-likeness (QED) is 0.946. The van der Waals surface area contributed by atoms with Gasteiger partial charge in [-0.1, -0.05) is 17.7 Å². The molecule has 0 aliphatic rings. The third-order valence-electron chi connectivity index (χ3n) is 2.45. The van der Waals surface area contributed by atoms with Gasteiger partial charge in [0.15, 0.2) is 0 Å². The number of hydrogen-bond donors (Lipinski definition) is 1. The Balaban J connectivity index is 2.35. The van der Waals surface area contributed by atoms with E-state index in [-0.39, 0.29) is 21.2 Å². The molecule has 102 valence electrons. The number of anilines is 1. The number of sulfonamides is 1. The minimum atomic E-state index is -3.86. The molecule has 0 fully saturated rings. The van der Waals surface area contributed by atoms with Crippen LogP contribution in [0.1, 0.15) is 5.56 Å². The molecular formula is C13H8ClFN2O2S. The fraction of sp³-hybridized carbons (Fsp3) is 0. The minimum Gasteiger partial charge on any atom is -0.280 e. The van der Waals surface area contributed by atoms with Gasteiger partial charge in [0.05, 0.1) is 27.2 Å². The highest BCUT2D eigenvalue weighted by molar-refractivity contribution is 7.92. The van der Waals surface area contributed by atoms with Gasteiger partial charge in [-0.25, -0.2) is 12.8 Å². The average molecular weight is 311 g/mol. The minimum absolute atomic E-state index is 0.0583. The van der Waals surface area contributed by atoms with E-state index in [0.717, 1.165) is 6.07 Å². The summed E-state index contributed by atoms with van der Waals surface area (Å²) < 4.78 is 39.5. The van der Waals surface area contributed by atoms with Crippen molar-refractivity contribution in [2.45, 2.75) is 4.90 Å². The van der Waals surface area contributed by atoms with Gasteiger partial charge in [-0.3, -0.25) is 4.72 Å². The van der Waals surface area contributed by atoms with Crippen molar-refractivity contribution in [3.8, 4) is 6.07 Å². The molecule has 0 heterocycles. The molecular weight excluding hydrogens is 303 g/mol. The third kappa shape index (κ3) is 3.07. The molecule has 20 heavy (non-hydrogen) atoms. The normalized spacial score (nSPS) is 10.8. The number of halogens is 2. The monoisotopic (exact) mass is 310 g/mol. The SMILES string of the molecule is N#Cc1cccc(S(=O)(=O)Nc2ccc(F)c(Cl)c2)c1. The van der Waals surface area contributed by atoms with Gasteiger partial charge in [-0.05, 0) is 36.4 Å². The van der Waals surface area contributed by atoms with Crippen molar-refractivity contribution in [2.75, 3.05) is 4.72 Å². The first kappa shape index (κ1) is 14.3. The first-order valence-corrected chi connectivity index (χ1v) is 7.26. The van der Waals surface area contributed by atoms with Crippen LogP contribution in [0.25, 0.3) is 0 Å². The van der Waals surface area contributed by atoms with Gasteiger partial charge < -0.3 is 0 Å². The molecule has 1 N–H and O–H groups in total. The van der Waals surface area contributed by atoms with Gasteiger partial charge in [-0.15, -0.1) is 0 Å². The zero-order valence-corrected chi connectivity index (χ0v) is 11.5. The van der Waals surface area contributed by atoms with E-state index >= 15 is 0 Å². The summed E-state index contributed by atoms with van der Waals surface area (Å²) in [5.41, 5.74) is 0.365. The maximum atomic E-state index is 13.0. The molecule has 0 saturated heterocycles. The highest BCUT2D eigenvalue weighted by Gasteiger charge is 2.15. The van der Waals surface area contributed by atoms with E-state index in [1.807, 2.05) is 6.07 Å². The summed E-state index contributed by atoms with van der Waals surface area (Å²) >= 11 is 5.58. The molecule has 2 aromatic carbocycles. The number of nitriles is 1. The molecule has 0 aliphatic heterocycles. The van der Waals surface area contributed by atoms with E-state index in [0.29, 0.717) is 0 Å². The summed E-state index contributed by atoms with van der Waals surface area (Å²) in [6.07, 6.45) is 0. The number of nitrogens with zero attached hydrogens (tertiary/aromatic N) is 1. The third-order valence-corrected chi connectivity index (χ3v) is 4.11. The molecule has 0 aromatic heterocycles. The molecule has 0 radical (unpaired) electrons. The van der Waals surface area contributed by atoms with Crippen LogP contribution in [0.3, 0.4) is 0 Å². The second-order valence-corrected chi connectivity index (χ2v) is 5.96. The highest BCUT2D eigenvalue weighted by Crippen LogP contribution is 2.22. The van der Waals surface area contributed by atoms with Crippen molar-refractivity contribution in [1.82, 2.24) is 0 Å². The topological polar surface area (TPSA) is 70.0 Å². The molecule has 0 amide bonds. The van der Waals surface area contributed by atoms with Crippen molar-refractivity contribution < 1.29 is 12.8 Å². The van der Waals surface area contributed by atoms with Gasteiger partial charge >= 0.3 is 0 Å². The Labute approximate surface area is 120 Å². The maximum Gasteiger partial charge on any atom is 0.261 e. The van der Waals surface area contributed by atoms with Gasteiger partial charge in [-0.2, -0.15) is 5.26 Å². The number of benzene rings is 2. The Bertz CT molecular complexity index is 800. The van der Waals surface area contributed by atoms with Crippen molar-refractivity contribution in [1.29, 1.82) is 5.26 Å². The predicted octanol–water partition coefficient (Wildman–Crippen LogP) is 3.15. The smallest absolute Gasteiger partial charge is 0.261 e. The lowest BCUT2D eigenvalue weighted by atomic mass is 10.2. The van der Waals surface area contributed by atoms with E-state index in [9.17, 15) is 12.8 Å². The van der Waals surface area contributed by atoms with Crippen LogP contribution >= 0.6 is 11.6 Å². The van der Waals surface area contributed by atoms with Crippen LogP contribution in [0.5, 0.6) is 0 Å². The van der Waals surface area contributed by atoms with E-state index in [1.54, 1.807) is 0 Å². The number of rotatable bonds is 3. The lowest BCUT2D eigenvalue weighted by Crippen LogP contribution is -2.13. The summed E-state index contributed by atoms with van der Waals surface area (Å²) in [6.45, 7) is 0. The standard InChI is InChI=1S/C13H8ClFN2O2S/c14-12-7-10(4-5-13(12)15)17-20(18,19)11-3-1-2-9(6-11)8-16/h1-7,17H. The lowest BCUT2D eigenvalue weighted by molar-refractivity contribution is 0.601. The fourth-order valence-electron chi connectivity index (χ4n) is 1.51. The van der Waals surface area contributed by atoms with E-state index in [2.05, 4.69) is 4.72 Å². The molecule has 0 spiro atoms. The lowest BCUT2D eigenvalue weighted by Gasteiger charge is -2.08. The molecule has 0 bridgehead atoms. The second-order valence-electron chi connectivity index (χ2n) is 3.87.